The lowest BCUT2D eigenvalue weighted by atomic mass is 10.0. The molecule has 0 saturated carbocycles. The molecule has 0 aliphatic heterocycles. The maximum atomic E-state index is 12.2. The first-order valence-electron chi connectivity index (χ1n) is 11.4. The molecule has 0 spiro atoms. The van der Waals surface area contributed by atoms with Crippen LogP contribution in [0.1, 0.15) is 50.1 Å². The van der Waals surface area contributed by atoms with Crippen LogP contribution in [0, 0.1) is 19.8 Å². The Morgan fingerprint density at radius 3 is 2.61 bits per heavy atom. The second kappa shape index (κ2) is 11.0. The van der Waals surface area contributed by atoms with Crippen LogP contribution in [0.15, 0.2) is 42.5 Å². The molecule has 0 aliphatic rings. The minimum absolute atomic E-state index is 0.118. The van der Waals surface area contributed by atoms with E-state index in [1.807, 2.05) is 24.3 Å². The molecule has 0 atom stereocenters. The number of aromatic nitrogens is 2. The van der Waals surface area contributed by atoms with E-state index in [9.17, 15) is 4.79 Å². The molecule has 0 bridgehead atoms. The highest BCUT2D eigenvalue weighted by Gasteiger charge is 2.14. The highest BCUT2D eigenvalue weighted by Crippen LogP contribution is 2.19. The van der Waals surface area contributed by atoms with Crippen molar-refractivity contribution in [2.75, 3.05) is 13.2 Å². The average molecular weight is 422 g/mol. The lowest BCUT2D eigenvalue weighted by molar-refractivity contribution is -0.125. The van der Waals surface area contributed by atoms with E-state index >= 15 is 0 Å². The number of nitrogens with zero attached hydrogens (tertiary/aromatic N) is 2. The molecule has 0 unspecified atom stereocenters. The standard InChI is InChI=1S/C26H35N3O2/c1-5-21(6-2)26(30)27-15-9-12-25-28-23-10-7-8-11-24(23)29(25)16-17-31-22-14-13-19(3)20(4)18-22/h7-8,10-11,13-14,18,21H,5-6,9,12,15-17H2,1-4H3,(H,27,30). The topological polar surface area (TPSA) is 56.2 Å². The summed E-state index contributed by atoms with van der Waals surface area (Å²) in [6, 6.07) is 14.4. The third kappa shape index (κ3) is 5.87. The number of carbonyl (C=O) groups is 1. The smallest absolute Gasteiger partial charge is 0.223 e. The molecular weight excluding hydrogens is 386 g/mol. The zero-order valence-electron chi connectivity index (χ0n) is 19.3. The fourth-order valence-electron chi connectivity index (χ4n) is 3.89. The van der Waals surface area contributed by atoms with Gasteiger partial charge in [0.1, 0.15) is 18.2 Å². The number of hydrogen-bond donors (Lipinski definition) is 1. The first-order valence-corrected chi connectivity index (χ1v) is 11.4. The molecule has 1 amide bonds. The Balaban J connectivity index is 1.61. The summed E-state index contributed by atoms with van der Waals surface area (Å²) in [5.41, 5.74) is 4.64. The molecular formula is C26H35N3O2. The van der Waals surface area contributed by atoms with E-state index in [0.717, 1.165) is 54.8 Å². The van der Waals surface area contributed by atoms with Gasteiger partial charge in [0, 0.05) is 18.9 Å². The van der Waals surface area contributed by atoms with Gasteiger partial charge in [-0.25, -0.2) is 4.98 Å². The molecule has 3 rings (SSSR count). The normalized spacial score (nSPS) is 11.3. The number of nitrogens with one attached hydrogen (secondary N) is 1. The number of benzene rings is 2. The van der Waals surface area contributed by atoms with Crippen LogP contribution in [-0.2, 0) is 17.8 Å². The summed E-state index contributed by atoms with van der Waals surface area (Å²) in [5.74, 6) is 2.23. The Bertz CT molecular complexity index is 1010. The van der Waals surface area contributed by atoms with Gasteiger partial charge in [-0.15, -0.1) is 0 Å². The van der Waals surface area contributed by atoms with Crippen LogP contribution in [0.3, 0.4) is 0 Å². The number of rotatable bonds is 11. The maximum absolute atomic E-state index is 12.2. The van der Waals surface area contributed by atoms with Crippen LogP contribution in [0.25, 0.3) is 11.0 Å². The van der Waals surface area contributed by atoms with Crippen molar-refractivity contribution in [1.82, 2.24) is 14.9 Å². The minimum Gasteiger partial charge on any atom is -0.492 e. The number of hydrogen-bond acceptors (Lipinski definition) is 3. The van der Waals surface area contributed by atoms with Crippen LogP contribution in [0.2, 0.25) is 0 Å². The van der Waals surface area contributed by atoms with Crippen molar-refractivity contribution in [3.05, 3.63) is 59.4 Å². The number of amides is 1. The van der Waals surface area contributed by atoms with Crippen molar-refractivity contribution in [2.24, 2.45) is 5.92 Å². The summed E-state index contributed by atoms with van der Waals surface area (Å²) < 4.78 is 8.27. The van der Waals surface area contributed by atoms with Crippen molar-refractivity contribution >= 4 is 16.9 Å². The van der Waals surface area contributed by atoms with Gasteiger partial charge in [-0.3, -0.25) is 4.79 Å². The van der Waals surface area contributed by atoms with E-state index in [1.54, 1.807) is 0 Å². The molecule has 166 valence electrons. The Morgan fingerprint density at radius 2 is 1.87 bits per heavy atom. The predicted molar refractivity (Wildman–Crippen MR) is 127 cm³/mol. The van der Waals surface area contributed by atoms with Gasteiger partial charge in [-0.05, 0) is 68.5 Å². The van der Waals surface area contributed by atoms with Gasteiger partial charge in [0.05, 0.1) is 17.6 Å². The second-order valence-corrected chi connectivity index (χ2v) is 8.17. The second-order valence-electron chi connectivity index (χ2n) is 8.17. The van der Waals surface area contributed by atoms with Crippen LogP contribution >= 0.6 is 0 Å². The third-order valence-electron chi connectivity index (χ3n) is 6.03. The van der Waals surface area contributed by atoms with Crippen molar-refractivity contribution in [1.29, 1.82) is 0 Å². The number of fused-ring (bicyclic) bond motifs is 1. The molecule has 2 aromatic carbocycles. The number of para-hydroxylation sites is 2. The van der Waals surface area contributed by atoms with E-state index in [0.29, 0.717) is 13.2 Å². The molecule has 0 fully saturated rings. The summed E-state index contributed by atoms with van der Waals surface area (Å²) in [4.78, 5) is 17.0. The summed E-state index contributed by atoms with van der Waals surface area (Å²) >= 11 is 0. The van der Waals surface area contributed by atoms with Crippen LogP contribution in [0.5, 0.6) is 5.75 Å². The fourth-order valence-corrected chi connectivity index (χ4v) is 3.89. The monoisotopic (exact) mass is 421 g/mol. The Morgan fingerprint density at radius 1 is 1.10 bits per heavy atom. The number of carbonyl (C=O) groups excluding carboxylic acids is 1. The van der Waals surface area contributed by atoms with Gasteiger partial charge in [-0.1, -0.05) is 32.0 Å². The molecule has 0 aliphatic carbocycles. The van der Waals surface area contributed by atoms with Crippen molar-refractivity contribution in [3.8, 4) is 5.75 Å². The molecule has 0 saturated heterocycles. The first-order chi connectivity index (χ1) is 15.0. The van der Waals surface area contributed by atoms with Crippen LogP contribution in [-0.4, -0.2) is 28.6 Å². The van der Waals surface area contributed by atoms with Crippen molar-refractivity contribution in [2.45, 2.75) is 59.9 Å². The zero-order valence-corrected chi connectivity index (χ0v) is 19.3. The predicted octanol–water partition coefficient (Wildman–Crippen LogP) is 5.22. The highest BCUT2D eigenvalue weighted by molar-refractivity contribution is 5.78. The van der Waals surface area contributed by atoms with Gasteiger partial charge in [0.25, 0.3) is 0 Å². The summed E-state index contributed by atoms with van der Waals surface area (Å²) in [7, 11) is 0. The highest BCUT2D eigenvalue weighted by atomic mass is 16.5. The van der Waals surface area contributed by atoms with Crippen LogP contribution < -0.4 is 10.1 Å². The summed E-state index contributed by atoms with van der Waals surface area (Å²) in [5, 5.41) is 3.08. The van der Waals surface area contributed by atoms with Gasteiger partial charge in [0.2, 0.25) is 5.91 Å². The van der Waals surface area contributed by atoms with E-state index < -0.39 is 0 Å². The van der Waals surface area contributed by atoms with E-state index in [1.165, 1.54) is 11.1 Å². The Kier molecular flexibility index (Phi) is 8.10. The summed E-state index contributed by atoms with van der Waals surface area (Å²) in [6.45, 7) is 10.3. The molecule has 1 heterocycles. The Labute approximate surface area is 185 Å². The lowest BCUT2D eigenvalue weighted by Gasteiger charge is -2.13. The molecule has 5 heteroatoms. The fraction of sp³-hybridized carbons (Fsp3) is 0.462. The van der Waals surface area contributed by atoms with Crippen molar-refractivity contribution in [3.63, 3.8) is 0 Å². The molecule has 31 heavy (non-hydrogen) atoms. The summed E-state index contributed by atoms with van der Waals surface area (Å²) in [6.07, 6.45) is 3.46. The lowest BCUT2D eigenvalue weighted by Crippen LogP contribution is -2.31. The number of aryl methyl sites for hydroxylation is 3. The third-order valence-corrected chi connectivity index (χ3v) is 6.03. The van der Waals surface area contributed by atoms with Crippen LogP contribution in [0.4, 0.5) is 0 Å². The first kappa shape index (κ1) is 22.9. The quantitative estimate of drug-likeness (QED) is 0.432. The average Bonchev–Trinajstić information content (AvgIpc) is 3.12. The van der Waals surface area contributed by atoms with Gasteiger partial charge >= 0.3 is 0 Å². The van der Waals surface area contributed by atoms with Gasteiger partial charge < -0.3 is 14.6 Å². The van der Waals surface area contributed by atoms with Gasteiger partial charge in [-0.2, -0.15) is 0 Å². The molecule has 1 N–H and O–H groups in total. The largest absolute Gasteiger partial charge is 0.492 e. The maximum Gasteiger partial charge on any atom is 0.223 e. The number of imidazole rings is 1. The molecule has 1 aromatic heterocycles. The SMILES string of the molecule is CCC(CC)C(=O)NCCCc1nc2ccccc2n1CCOc1ccc(C)c(C)c1. The van der Waals surface area contributed by atoms with E-state index in [4.69, 9.17) is 9.72 Å². The minimum atomic E-state index is 0.118. The van der Waals surface area contributed by atoms with Crippen molar-refractivity contribution < 1.29 is 9.53 Å². The molecule has 3 aromatic rings. The molecule has 0 radical (unpaired) electrons. The number of ether oxygens (including phenoxy) is 1. The zero-order chi connectivity index (χ0) is 22.2. The van der Waals surface area contributed by atoms with Gasteiger partial charge in [0.15, 0.2) is 0 Å². The molecule has 5 nitrogen and oxygen atoms in total. The van der Waals surface area contributed by atoms with E-state index in [-0.39, 0.29) is 11.8 Å². The van der Waals surface area contributed by atoms with E-state index in [2.05, 4.69) is 55.8 Å². The Hall–Kier alpha value is -2.82.